The molecule has 0 amide bonds. The van der Waals surface area contributed by atoms with Crippen LogP contribution in [0.2, 0.25) is 0 Å². The Labute approximate surface area is 116 Å². The van der Waals surface area contributed by atoms with Gasteiger partial charge in [-0.05, 0) is 37.0 Å². The van der Waals surface area contributed by atoms with Crippen LogP contribution in [0.15, 0.2) is 23.2 Å². The van der Waals surface area contributed by atoms with E-state index in [4.69, 9.17) is 4.74 Å². The van der Waals surface area contributed by atoms with Crippen molar-refractivity contribution in [2.24, 2.45) is 4.99 Å². The highest BCUT2D eigenvalue weighted by Crippen LogP contribution is 2.45. The van der Waals surface area contributed by atoms with E-state index in [0.717, 1.165) is 43.4 Å². The average molecular weight is 268 g/mol. The number of H-pyrrole nitrogens is 1. The van der Waals surface area contributed by atoms with Crippen LogP contribution >= 0.6 is 0 Å². The summed E-state index contributed by atoms with van der Waals surface area (Å²) >= 11 is 0. The molecule has 0 saturated heterocycles. The Morgan fingerprint density at radius 2 is 2.25 bits per heavy atom. The normalized spacial score (nSPS) is 20.0. The van der Waals surface area contributed by atoms with Gasteiger partial charge in [0.15, 0.2) is 0 Å². The Morgan fingerprint density at radius 3 is 3.00 bits per heavy atom. The SMILES string of the molecule is O=C=NC1(c2ccc3[nH]c4c(c3c2)COCC4)CCC1. The van der Waals surface area contributed by atoms with Gasteiger partial charge in [0.05, 0.1) is 18.8 Å². The van der Waals surface area contributed by atoms with Crippen LogP contribution < -0.4 is 0 Å². The Morgan fingerprint density at radius 1 is 1.35 bits per heavy atom. The third-order valence-electron chi connectivity index (χ3n) is 4.72. The first-order valence-electron chi connectivity index (χ1n) is 7.13. The summed E-state index contributed by atoms with van der Waals surface area (Å²) in [6, 6.07) is 6.37. The van der Waals surface area contributed by atoms with Gasteiger partial charge in [-0.3, -0.25) is 0 Å². The Bertz CT molecular complexity index is 721. The van der Waals surface area contributed by atoms with Crippen LogP contribution in [-0.2, 0) is 28.1 Å². The molecule has 0 atom stereocenters. The maximum Gasteiger partial charge on any atom is 0.235 e. The summed E-state index contributed by atoms with van der Waals surface area (Å²) in [7, 11) is 0. The summed E-state index contributed by atoms with van der Waals surface area (Å²) in [5.41, 5.74) is 4.50. The first kappa shape index (κ1) is 11.9. The smallest absolute Gasteiger partial charge is 0.235 e. The van der Waals surface area contributed by atoms with Gasteiger partial charge in [0.25, 0.3) is 0 Å². The number of ether oxygens (including phenoxy) is 1. The number of hydrogen-bond donors (Lipinski definition) is 1. The Kier molecular flexibility index (Phi) is 2.56. The molecule has 0 radical (unpaired) electrons. The van der Waals surface area contributed by atoms with E-state index in [2.05, 4.69) is 28.2 Å². The minimum absolute atomic E-state index is 0.324. The lowest BCUT2D eigenvalue weighted by Crippen LogP contribution is -2.31. The molecule has 4 nitrogen and oxygen atoms in total. The van der Waals surface area contributed by atoms with Crippen molar-refractivity contribution in [3.63, 3.8) is 0 Å². The second-order valence-electron chi connectivity index (χ2n) is 5.73. The fourth-order valence-corrected chi connectivity index (χ4v) is 3.38. The zero-order chi connectivity index (χ0) is 13.6. The highest BCUT2D eigenvalue weighted by molar-refractivity contribution is 5.85. The number of benzene rings is 1. The summed E-state index contributed by atoms with van der Waals surface area (Å²) in [5.74, 6) is 0. The van der Waals surface area contributed by atoms with Gasteiger partial charge >= 0.3 is 0 Å². The van der Waals surface area contributed by atoms with Crippen molar-refractivity contribution in [2.45, 2.75) is 37.8 Å². The molecule has 1 N–H and O–H groups in total. The fraction of sp³-hybridized carbons (Fsp3) is 0.438. The van der Waals surface area contributed by atoms with Crippen LogP contribution in [0.4, 0.5) is 0 Å². The number of aromatic nitrogens is 1. The minimum atomic E-state index is -0.324. The van der Waals surface area contributed by atoms with Gasteiger partial charge in [0, 0.05) is 28.6 Å². The lowest BCUT2D eigenvalue weighted by atomic mass is 9.72. The third-order valence-corrected chi connectivity index (χ3v) is 4.72. The topological polar surface area (TPSA) is 54.5 Å². The lowest BCUT2D eigenvalue weighted by molar-refractivity contribution is 0.111. The van der Waals surface area contributed by atoms with Crippen molar-refractivity contribution < 1.29 is 9.53 Å². The van der Waals surface area contributed by atoms with Crippen LogP contribution in [-0.4, -0.2) is 17.7 Å². The summed E-state index contributed by atoms with van der Waals surface area (Å²) < 4.78 is 5.57. The minimum Gasteiger partial charge on any atom is -0.376 e. The molecule has 1 aromatic carbocycles. The highest BCUT2D eigenvalue weighted by Gasteiger charge is 2.39. The maximum absolute atomic E-state index is 10.7. The van der Waals surface area contributed by atoms with Gasteiger partial charge in [-0.1, -0.05) is 6.07 Å². The van der Waals surface area contributed by atoms with E-state index >= 15 is 0 Å². The molecule has 20 heavy (non-hydrogen) atoms. The van der Waals surface area contributed by atoms with Crippen molar-refractivity contribution in [3.8, 4) is 0 Å². The number of rotatable bonds is 2. The number of isocyanates is 1. The lowest BCUT2D eigenvalue weighted by Gasteiger charge is -2.37. The fourth-order valence-electron chi connectivity index (χ4n) is 3.38. The van der Waals surface area contributed by atoms with Crippen LogP contribution in [0, 0.1) is 0 Å². The van der Waals surface area contributed by atoms with E-state index in [9.17, 15) is 4.79 Å². The zero-order valence-corrected chi connectivity index (χ0v) is 11.2. The molecule has 102 valence electrons. The van der Waals surface area contributed by atoms with Crippen molar-refractivity contribution >= 4 is 17.0 Å². The van der Waals surface area contributed by atoms with Crippen molar-refractivity contribution in [1.29, 1.82) is 0 Å². The van der Waals surface area contributed by atoms with Crippen LogP contribution in [0.1, 0.15) is 36.1 Å². The molecule has 1 aliphatic heterocycles. The summed E-state index contributed by atoms with van der Waals surface area (Å²) in [4.78, 5) is 18.3. The second-order valence-corrected chi connectivity index (χ2v) is 5.73. The molecular weight excluding hydrogens is 252 g/mol. The molecular formula is C16H16N2O2. The number of carbonyl (C=O) groups excluding carboxylic acids is 1. The summed E-state index contributed by atoms with van der Waals surface area (Å²) in [6.07, 6.45) is 5.70. The highest BCUT2D eigenvalue weighted by atomic mass is 16.5. The molecule has 2 aromatic rings. The van der Waals surface area contributed by atoms with E-state index in [1.807, 2.05) is 0 Å². The second kappa shape index (κ2) is 4.30. The molecule has 0 spiro atoms. The molecule has 1 fully saturated rings. The molecule has 4 heteroatoms. The number of nitrogens with zero attached hydrogens (tertiary/aromatic N) is 1. The average Bonchev–Trinajstić information content (AvgIpc) is 2.80. The largest absolute Gasteiger partial charge is 0.376 e. The van der Waals surface area contributed by atoms with Crippen LogP contribution in [0.3, 0.4) is 0 Å². The first-order valence-corrected chi connectivity index (χ1v) is 7.13. The Balaban J connectivity index is 1.88. The standard InChI is InChI=1S/C16H16N2O2/c19-10-17-16(5-1-6-16)11-2-3-14-12(8-11)13-9-20-7-4-15(13)18-14/h2-3,8,18H,1,4-7,9H2. The molecule has 1 aliphatic carbocycles. The molecule has 2 heterocycles. The quantitative estimate of drug-likeness (QED) is 0.672. The van der Waals surface area contributed by atoms with E-state index in [1.165, 1.54) is 16.6 Å². The van der Waals surface area contributed by atoms with Crippen molar-refractivity contribution in [2.75, 3.05) is 6.61 Å². The van der Waals surface area contributed by atoms with Gasteiger partial charge in [0.2, 0.25) is 6.08 Å². The van der Waals surface area contributed by atoms with Gasteiger partial charge < -0.3 is 9.72 Å². The zero-order valence-electron chi connectivity index (χ0n) is 11.2. The monoisotopic (exact) mass is 268 g/mol. The molecule has 0 bridgehead atoms. The number of fused-ring (bicyclic) bond motifs is 3. The van der Waals surface area contributed by atoms with Gasteiger partial charge in [0.1, 0.15) is 0 Å². The van der Waals surface area contributed by atoms with Crippen molar-refractivity contribution in [3.05, 3.63) is 35.0 Å². The summed E-state index contributed by atoms with van der Waals surface area (Å²) in [6.45, 7) is 1.45. The van der Waals surface area contributed by atoms with E-state index in [0.29, 0.717) is 6.61 Å². The molecule has 2 aliphatic rings. The predicted octanol–water partition coefficient (Wildman–Crippen LogP) is 2.96. The third kappa shape index (κ3) is 1.59. The van der Waals surface area contributed by atoms with Crippen molar-refractivity contribution in [1.82, 2.24) is 4.98 Å². The van der Waals surface area contributed by atoms with Crippen LogP contribution in [0.25, 0.3) is 10.9 Å². The number of aliphatic imine (C=N–C) groups is 1. The molecule has 4 rings (SSSR count). The number of hydrogen-bond acceptors (Lipinski definition) is 3. The molecule has 1 saturated carbocycles. The van der Waals surface area contributed by atoms with Gasteiger partial charge in [-0.2, -0.15) is 4.99 Å². The number of nitrogens with one attached hydrogen (secondary N) is 1. The predicted molar refractivity (Wildman–Crippen MR) is 75.3 cm³/mol. The van der Waals surface area contributed by atoms with Crippen LogP contribution in [0.5, 0.6) is 0 Å². The Hall–Kier alpha value is -1.90. The maximum atomic E-state index is 10.7. The van der Waals surface area contributed by atoms with E-state index in [1.54, 1.807) is 6.08 Å². The van der Waals surface area contributed by atoms with E-state index in [-0.39, 0.29) is 5.54 Å². The molecule has 1 aromatic heterocycles. The number of aromatic amines is 1. The van der Waals surface area contributed by atoms with Gasteiger partial charge in [-0.25, -0.2) is 4.79 Å². The first-order chi connectivity index (χ1) is 9.82. The summed E-state index contributed by atoms with van der Waals surface area (Å²) in [5, 5.41) is 1.21. The van der Waals surface area contributed by atoms with Gasteiger partial charge in [-0.15, -0.1) is 0 Å². The van der Waals surface area contributed by atoms with E-state index < -0.39 is 0 Å². The molecule has 0 unspecified atom stereocenters.